The second kappa shape index (κ2) is 7.75. The first-order chi connectivity index (χ1) is 14.3. The molecular weight excluding hydrogens is 455 g/mol. The Morgan fingerprint density at radius 2 is 1.58 bits per heavy atom. The summed E-state index contributed by atoms with van der Waals surface area (Å²) >= 11 is 0. The fraction of sp³-hybridized carbons (Fsp3) is 0.611. The Labute approximate surface area is 174 Å². The van der Waals surface area contributed by atoms with Gasteiger partial charge in [0.05, 0.1) is 18.9 Å². The van der Waals surface area contributed by atoms with Crippen LogP contribution in [0.4, 0.5) is 26.3 Å². The topological polar surface area (TPSA) is 65.1 Å². The van der Waals surface area contributed by atoms with Gasteiger partial charge in [-0.15, -0.1) is 0 Å². The van der Waals surface area contributed by atoms with E-state index in [1.807, 2.05) is 0 Å². The van der Waals surface area contributed by atoms with Gasteiger partial charge in [-0.2, -0.15) is 26.3 Å². The molecule has 2 aliphatic rings. The van der Waals surface area contributed by atoms with Crippen molar-refractivity contribution < 1.29 is 49.5 Å². The molecule has 0 unspecified atom stereocenters. The number of rotatable bonds is 6. The van der Waals surface area contributed by atoms with E-state index in [1.165, 1.54) is 44.2 Å². The molecule has 6 nitrogen and oxygen atoms in total. The first-order valence-corrected chi connectivity index (χ1v) is 11.0. The van der Waals surface area contributed by atoms with E-state index in [2.05, 4.69) is 4.74 Å². The van der Waals surface area contributed by atoms with Gasteiger partial charge < -0.3 is 13.8 Å². The molecule has 0 N–H and O–H groups in total. The molecule has 13 heteroatoms. The number of ether oxygens (including phenoxy) is 1. The van der Waals surface area contributed by atoms with Crippen LogP contribution in [0, 0.1) is 0 Å². The number of carbonyl (C=O) groups is 1. The van der Waals surface area contributed by atoms with Gasteiger partial charge in [0.2, 0.25) is 0 Å². The maximum atomic E-state index is 14.0. The van der Waals surface area contributed by atoms with Crippen LogP contribution >= 0.6 is 7.60 Å². The number of cyclic esters (lactones) is 1. The lowest BCUT2D eigenvalue weighted by atomic mass is 9.87. The molecule has 2 fully saturated rings. The number of alkyl halides is 6. The highest BCUT2D eigenvalue weighted by atomic mass is 31.2. The van der Waals surface area contributed by atoms with Crippen LogP contribution in [0.5, 0.6) is 0 Å². The third kappa shape index (κ3) is 3.39. The summed E-state index contributed by atoms with van der Waals surface area (Å²) in [4.78, 5) is 12.8. The van der Waals surface area contributed by atoms with Gasteiger partial charge in [0.15, 0.2) is 0 Å². The van der Waals surface area contributed by atoms with Crippen molar-refractivity contribution in [3.63, 3.8) is 0 Å². The van der Waals surface area contributed by atoms with E-state index in [-0.39, 0.29) is 23.7 Å². The number of nitrogens with zero attached hydrogens (tertiary/aromatic N) is 1. The molecule has 0 saturated carbocycles. The van der Waals surface area contributed by atoms with Crippen molar-refractivity contribution in [2.75, 3.05) is 19.8 Å². The highest BCUT2D eigenvalue weighted by molar-refractivity contribution is 7.54. The summed E-state index contributed by atoms with van der Waals surface area (Å²) < 4.78 is 111. The van der Waals surface area contributed by atoms with Crippen molar-refractivity contribution in [2.24, 2.45) is 0 Å². The lowest BCUT2D eigenvalue weighted by Gasteiger charge is -2.40. The minimum atomic E-state index is -6.02. The van der Waals surface area contributed by atoms with Crippen LogP contribution in [0.25, 0.3) is 0 Å². The molecule has 0 aliphatic carbocycles. The zero-order valence-electron chi connectivity index (χ0n) is 16.5. The van der Waals surface area contributed by atoms with Crippen LogP contribution in [0.2, 0.25) is 0 Å². The molecule has 1 aromatic carbocycles. The van der Waals surface area contributed by atoms with Crippen LogP contribution in [0.3, 0.4) is 0 Å². The third-order valence-corrected chi connectivity index (χ3v) is 7.90. The fourth-order valence-corrected chi connectivity index (χ4v) is 6.32. The number of hydrogen-bond donors (Lipinski definition) is 0. The van der Waals surface area contributed by atoms with Crippen molar-refractivity contribution in [1.29, 1.82) is 0 Å². The Morgan fingerprint density at radius 3 is 2.03 bits per heavy atom. The van der Waals surface area contributed by atoms with E-state index in [0.29, 0.717) is 0 Å². The summed E-state index contributed by atoms with van der Waals surface area (Å²) in [5.41, 5.74) is -8.94. The zero-order valence-corrected chi connectivity index (χ0v) is 17.4. The SMILES string of the molecule is CCOP(=O)(OCC)[C@H]1CN2C(C(F)(F)F)(C(F)(F)F)OC(=O)[C@]2(c2ccccc2)C1. The Balaban J connectivity index is 2.26. The Hall–Kier alpha value is -1.62. The maximum absolute atomic E-state index is 14.0. The number of benzene rings is 1. The molecule has 0 amide bonds. The summed E-state index contributed by atoms with van der Waals surface area (Å²) in [6.07, 6.45) is -12.7. The molecule has 2 atom stereocenters. The summed E-state index contributed by atoms with van der Waals surface area (Å²) in [5, 5.41) is 0. The van der Waals surface area contributed by atoms with Gasteiger partial charge in [-0.1, -0.05) is 30.3 Å². The van der Waals surface area contributed by atoms with Crippen LogP contribution < -0.4 is 0 Å². The first-order valence-electron chi connectivity index (χ1n) is 9.39. The van der Waals surface area contributed by atoms with Gasteiger partial charge in [0.1, 0.15) is 5.54 Å². The van der Waals surface area contributed by atoms with Gasteiger partial charge in [0.25, 0.3) is 0 Å². The standard InChI is InChI=1S/C18H20F6NO5P/c1-3-28-31(27,29-4-2)13-10-15(12-8-6-5-7-9-12)14(26)30-16(17(19,20)21,18(22,23)24)25(15)11-13/h5-9,13H,3-4,10-11H2,1-2H3/t13-,15-/m1/s1. The van der Waals surface area contributed by atoms with E-state index in [9.17, 15) is 35.7 Å². The quantitative estimate of drug-likeness (QED) is 0.341. The van der Waals surface area contributed by atoms with Gasteiger partial charge in [-0.05, 0) is 25.8 Å². The predicted octanol–water partition coefficient (Wildman–Crippen LogP) is 4.60. The number of halogens is 6. The normalized spacial score (nSPS) is 26.7. The minimum absolute atomic E-state index is 0.0764. The molecule has 3 rings (SSSR count). The maximum Gasteiger partial charge on any atom is 0.453 e. The van der Waals surface area contributed by atoms with Crippen molar-refractivity contribution in [1.82, 2.24) is 4.90 Å². The van der Waals surface area contributed by atoms with Gasteiger partial charge in [0, 0.05) is 6.54 Å². The average molecular weight is 475 g/mol. The number of carbonyl (C=O) groups excluding carboxylic acids is 1. The Kier molecular flexibility index (Phi) is 6.01. The van der Waals surface area contributed by atoms with Crippen molar-refractivity contribution in [3.05, 3.63) is 35.9 Å². The van der Waals surface area contributed by atoms with E-state index in [1.54, 1.807) is 0 Å². The summed E-state index contributed by atoms with van der Waals surface area (Å²) in [6, 6.07) is 6.68. The summed E-state index contributed by atoms with van der Waals surface area (Å²) in [5.74, 6) is -1.73. The molecule has 31 heavy (non-hydrogen) atoms. The van der Waals surface area contributed by atoms with Crippen molar-refractivity contribution in [2.45, 2.75) is 49.5 Å². The molecule has 2 aliphatic heterocycles. The number of hydrogen-bond acceptors (Lipinski definition) is 6. The Morgan fingerprint density at radius 1 is 1.06 bits per heavy atom. The third-order valence-electron chi connectivity index (χ3n) is 5.43. The van der Waals surface area contributed by atoms with Gasteiger partial charge in [-0.3, -0.25) is 4.57 Å². The molecule has 1 aromatic rings. The second-order valence-corrected chi connectivity index (χ2v) is 9.43. The smallest absolute Gasteiger partial charge is 0.423 e. The van der Waals surface area contributed by atoms with Gasteiger partial charge >= 0.3 is 31.6 Å². The van der Waals surface area contributed by atoms with Crippen LogP contribution in [0.1, 0.15) is 25.8 Å². The molecule has 0 aromatic heterocycles. The molecule has 2 saturated heterocycles. The predicted molar refractivity (Wildman–Crippen MR) is 95.0 cm³/mol. The molecule has 0 radical (unpaired) electrons. The summed E-state index contributed by atoms with van der Waals surface area (Å²) in [6.45, 7) is 1.56. The number of esters is 1. The van der Waals surface area contributed by atoms with Crippen LogP contribution in [-0.4, -0.2) is 54.4 Å². The lowest BCUT2D eigenvalue weighted by molar-refractivity contribution is -0.402. The Bertz CT molecular complexity index is 852. The molecule has 2 heterocycles. The minimum Gasteiger partial charge on any atom is -0.423 e. The van der Waals surface area contributed by atoms with E-state index >= 15 is 0 Å². The largest absolute Gasteiger partial charge is 0.453 e. The van der Waals surface area contributed by atoms with Crippen LogP contribution in [-0.2, 0) is 28.7 Å². The average Bonchev–Trinajstić information content (AvgIpc) is 3.18. The highest BCUT2D eigenvalue weighted by Crippen LogP contribution is 2.66. The van der Waals surface area contributed by atoms with Crippen LogP contribution in [0.15, 0.2) is 30.3 Å². The van der Waals surface area contributed by atoms with Crippen molar-refractivity contribution in [3.8, 4) is 0 Å². The van der Waals surface area contributed by atoms with E-state index in [4.69, 9.17) is 9.05 Å². The lowest BCUT2D eigenvalue weighted by Crippen LogP contribution is -2.67. The molecule has 0 spiro atoms. The van der Waals surface area contributed by atoms with Gasteiger partial charge in [-0.25, -0.2) is 9.69 Å². The second-order valence-electron chi connectivity index (χ2n) is 7.10. The molecule has 174 valence electrons. The zero-order chi connectivity index (χ0) is 23.3. The van der Waals surface area contributed by atoms with E-state index in [0.717, 1.165) is 0 Å². The monoisotopic (exact) mass is 475 g/mol. The first kappa shape index (κ1) is 24.0. The van der Waals surface area contributed by atoms with E-state index < -0.39 is 55.8 Å². The number of fused-ring (bicyclic) bond motifs is 1. The summed E-state index contributed by atoms with van der Waals surface area (Å²) in [7, 11) is -4.16. The molecular formula is C18H20F6NO5P. The fourth-order valence-electron chi connectivity index (χ4n) is 4.25. The molecule has 0 bridgehead atoms. The highest BCUT2D eigenvalue weighted by Gasteiger charge is 2.87. The van der Waals surface area contributed by atoms with Crippen molar-refractivity contribution >= 4 is 13.6 Å².